The van der Waals surface area contributed by atoms with Crippen molar-refractivity contribution < 1.29 is 0 Å². The second-order valence-corrected chi connectivity index (χ2v) is 5.35. The highest BCUT2D eigenvalue weighted by Crippen LogP contribution is 2.28. The van der Waals surface area contributed by atoms with E-state index in [-0.39, 0.29) is 0 Å². The SMILES string of the molecule is Cc1cc(Nc2ccc(Cl)cc2)c2cccc(C)c2n1. The molecule has 0 atom stereocenters. The van der Waals surface area contributed by atoms with E-state index in [1.54, 1.807) is 0 Å². The number of rotatable bonds is 2. The van der Waals surface area contributed by atoms with Crippen molar-refractivity contribution in [2.24, 2.45) is 0 Å². The number of pyridine rings is 1. The lowest BCUT2D eigenvalue weighted by Crippen LogP contribution is -1.95. The van der Waals surface area contributed by atoms with Crippen LogP contribution in [0.25, 0.3) is 10.9 Å². The summed E-state index contributed by atoms with van der Waals surface area (Å²) in [6.07, 6.45) is 0. The van der Waals surface area contributed by atoms with Gasteiger partial charge in [-0.15, -0.1) is 0 Å². The van der Waals surface area contributed by atoms with Crippen LogP contribution in [0.5, 0.6) is 0 Å². The molecule has 1 N–H and O–H groups in total. The molecule has 0 bridgehead atoms. The molecule has 2 aromatic carbocycles. The monoisotopic (exact) mass is 282 g/mol. The van der Waals surface area contributed by atoms with Gasteiger partial charge in [-0.25, -0.2) is 0 Å². The maximum atomic E-state index is 5.92. The predicted octanol–water partition coefficient (Wildman–Crippen LogP) is 5.25. The second-order valence-electron chi connectivity index (χ2n) is 4.91. The van der Waals surface area contributed by atoms with E-state index in [1.807, 2.05) is 31.2 Å². The Hall–Kier alpha value is -2.06. The van der Waals surface area contributed by atoms with Crippen molar-refractivity contribution in [2.75, 3.05) is 5.32 Å². The van der Waals surface area contributed by atoms with Gasteiger partial charge in [-0.1, -0.05) is 29.8 Å². The highest BCUT2D eigenvalue weighted by molar-refractivity contribution is 6.30. The lowest BCUT2D eigenvalue weighted by Gasteiger charge is -2.12. The van der Waals surface area contributed by atoms with E-state index in [0.29, 0.717) is 0 Å². The number of halogens is 1. The molecule has 0 fully saturated rings. The Balaban J connectivity index is 2.11. The number of anilines is 2. The number of fused-ring (bicyclic) bond motifs is 1. The van der Waals surface area contributed by atoms with Gasteiger partial charge < -0.3 is 5.32 Å². The normalized spacial score (nSPS) is 10.8. The van der Waals surface area contributed by atoms with Crippen LogP contribution in [0.15, 0.2) is 48.5 Å². The van der Waals surface area contributed by atoms with Crippen LogP contribution in [0, 0.1) is 13.8 Å². The fourth-order valence-corrected chi connectivity index (χ4v) is 2.44. The third-order valence-corrected chi connectivity index (χ3v) is 3.54. The number of hydrogen-bond donors (Lipinski definition) is 1. The van der Waals surface area contributed by atoms with E-state index < -0.39 is 0 Å². The molecular weight excluding hydrogens is 268 g/mol. The van der Waals surface area contributed by atoms with Gasteiger partial charge in [-0.3, -0.25) is 4.98 Å². The summed E-state index contributed by atoms with van der Waals surface area (Å²) in [6.45, 7) is 4.10. The summed E-state index contributed by atoms with van der Waals surface area (Å²) < 4.78 is 0. The van der Waals surface area contributed by atoms with Gasteiger partial charge in [0.25, 0.3) is 0 Å². The quantitative estimate of drug-likeness (QED) is 0.694. The van der Waals surface area contributed by atoms with Crippen LogP contribution >= 0.6 is 11.6 Å². The van der Waals surface area contributed by atoms with E-state index in [2.05, 4.69) is 41.5 Å². The van der Waals surface area contributed by atoms with Crippen LogP contribution in [-0.2, 0) is 0 Å². The van der Waals surface area contributed by atoms with E-state index in [1.165, 1.54) is 5.56 Å². The number of benzene rings is 2. The highest BCUT2D eigenvalue weighted by Gasteiger charge is 2.06. The Morgan fingerprint density at radius 1 is 1.00 bits per heavy atom. The maximum absolute atomic E-state index is 5.92. The molecule has 0 aliphatic carbocycles. The minimum Gasteiger partial charge on any atom is -0.355 e. The first-order valence-corrected chi connectivity index (χ1v) is 6.91. The van der Waals surface area contributed by atoms with Crippen LogP contribution in [0.4, 0.5) is 11.4 Å². The van der Waals surface area contributed by atoms with Gasteiger partial charge in [0, 0.05) is 27.5 Å². The van der Waals surface area contributed by atoms with E-state index in [9.17, 15) is 0 Å². The highest BCUT2D eigenvalue weighted by atomic mass is 35.5. The Kier molecular flexibility index (Phi) is 3.33. The van der Waals surface area contributed by atoms with Crippen molar-refractivity contribution in [3.63, 3.8) is 0 Å². The molecule has 0 aliphatic heterocycles. The predicted molar refractivity (Wildman–Crippen MR) is 86.0 cm³/mol. The molecule has 1 heterocycles. The minimum absolute atomic E-state index is 0.738. The molecule has 0 saturated heterocycles. The van der Waals surface area contributed by atoms with Gasteiger partial charge >= 0.3 is 0 Å². The molecule has 2 nitrogen and oxygen atoms in total. The van der Waals surface area contributed by atoms with Crippen LogP contribution in [0.1, 0.15) is 11.3 Å². The van der Waals surface area contributed by atoms with E-state index in [4.69, 9.17) is 11.6 Å². The summed E-state index contributed by atoms with van der Waals surface area (Å²) in [5.41, 5.74) is 5.32. The fourth-order valence-electron chi connectivity index (χ4n) is 2.31. The molecule has 0 saturated carbocycles. The summed E-state index contributed by atoms with van der Waals surface area (Å²) in [6, 6.07) is 16.0. The third-order valence-electron chi connectivity index (χ3n) is 3.29. The standard InChI is InChI=1S/C17H15ClN2/c1-11-4-3-5-15-16(10-12(2)19-17(11)15)20-14-8-6-13(18)7-9-14/h3-10H,1-2H3,(H,19,20). The molecule has 0 spiro atoms. The number of aromatic nitrogens is 1. The van der Waals surface area contributed by atoms with Crippen LogP contribution in [0.3, 0.4) is 0 Å². The fraction of sp³-hybridized carbons (Fsp3) is 0.118. The molecule has 20 heavy (non-hydrogen) atoms. The van der Waals surface area contributed by atoms with Crippen molar-refractivity contribution in [2.45, 2.75) is 13.8 Å². The molecule has 3 aromatic rings. The molecule has 100 valence electrons. The molecule has 3 rings (SSSR count). The van der Waals surface area contributed by atoms with Gasteiger partial charge in [0.2, 0.25) is 0 Å². The zero-order chi connectivity index (χ0) is 14.1. The first-order valence-electron chi connectivity index (χ1n) is 6.53. The van der Waals surface area contributed by atoms with Gasteiger partial charge in [0.15, 0.2) is 0 Å². The van der Waals surface area contributed by atoms with E-state index >= 15 is 0 Å². The molecular formula is C17H15ClN2. The van der Waals surface area contributed by atoms with Crippen molar-refractivity contribution in [1.29, 1.82) is 0 Å². The number of aryl methyl sites for hydroxylation is 2. The van der Waals surface area contributed by atoms with E-state index in [0.717, 1.165) is 33.0 Å². The lowest BCUT2D eigenvalue weighted by atomic mass is 10.1. The van der Waals surface area contributed by atoms with Crippen molar-refractivity contribution in [1.82, 2.24) is 4.98 Å². The molecule has 0 unspecified atom stereocenters. The number of hydrogen-bond acceptors (Lipinski definition) is 2. The summed E-state index contributed by atoms with van der Waals surface area (Å²) >= 11 is 5.92. The molecule has 0 aliphatic rings. The third kappa shape index (κ3) is 2.47. The molecule has 3 heteroatoms. The van der Waals surface area contributed by atoms with Crippen LogP contribution < -0.4 is 5.32 Å². The molecule has 0 radical (unpaired) electrons. The van der Waals surface area contributed by atoms with Crippen molar-refractivity contribution in [3.8, 4) is 0 Å². The van der Waals surface area contributed by atoms with Crippen LogP contribution in [-0.4, -0.2) is 4.98 Å². The topological polar surface area (TPSA) is 24.9 Å². The number of para-hydroxylation sites is 1. The second kappa shape index (κ2) is 5.14. The summed E-state index contributed by atoms with van der Waals surface area (Å²) in [4.78, 5) is 4.63. The average Bonchev–Trinajstić information content (AvgIpc) is 2.42. The minimum atomic E-state index is 0.738. The van der Waals surface area contributed by atoms with Crippen molar-refractivity contribution >= 4 is 33.9 Å². The maximum Gasteiger partial charge on any atom is 0.0755 e. The largest absolute Gasteiger partial charge is 0.355 e. The first-order chi connectivity index (χ1) is 9.63. The average molecular weight is 283 g/mol. The molecule has 1 aromatic heterocycles. The summed E-state index contributed by atoms with van der Waals surface area (Å²) in [5, 5.41) is 5.31. The Bertz CT molecular complexity index is 764. The number of nitrogens with one attached hydrogen (secondary N) is 1. The Morgan fingerprint density at radius 3 is 2.50 bits per heavy atom. The smallest absolute Gasteiger partial charge is 0.0755 e. The Morgan fingerprint density at radius 2 is 1.75 bits per heavy atom. The lowest BCUT2D eigenvalue weighted by molar-refractivity contribution is 1.24. The summed E-state index contributed by atoms with van der Waals surface area (Å²) in [7, 11) is 0. The zero-order valence-electron chi connectivity index (χ0n) is 11.4. The number of nitrogens with zero attached hydrogens (tertiary/aromatic N) is 1. The van der Waals surface area contributed by atoms with Crippen LogP contribution in [0.2, 0.25) is 5.02 Å². The van der Waals surface area contributed by atoms with Gasteiger partial charge in [-0.2, -0.15) is 0 Å². The zero-order valence-corrected chi connectivity index (χ0v) is 12.2. The Labute approximate surface area is 123 Å². The van der Waals surface area contributed by atoms with Crippen molar-refractivity contribution in [3.05, 3.63) is 64.8 Å². The molecule has 0 amide bonds. The van der Waals surface area contributed by atoms with Gasteiger partial charge in [0.1, 0.15) is 0 Å². The van der Waals surface area contributed by atoms with Gasteiger partial charge in [-0.05, 0) is 49.7 Å². The van der Waals surface area contributed by atoms with Gasteiger partial charge in [0.05, 0.1) is 5.52 Å². The summed E-state index contributed by atoms with van der Waals surface area (Å²) in [5.74, 6) is 0. The first kappa shape index (κ1) is 12.9.